The van der Waals surface area contributed by atoms with E-state index in [4.69, 9.17) is 4.74 Å². The van der Waals surface area contributed by atoms with E-state index in [-0.39, 0.29) is 5.54 Å². The van der Waals surface area contributed by atoms with E-state index in [9.17, 15) is 0 Å². The van der Waals surface area contributed by atoms with Crippen LogP contribution >= 0.6 is 15.9 Å². The zero-order valence-electron chi connectivity index (χ0n) is 10.1. The Morgan fingerprint density at radius 2 is 2.12 bits per heavy atom. The number of ether oxygens (including phenoxy) is 1. The Kier molecular flexibility index (Phi) is 3.27. The second kappa shape index (κ2) is 4.38. The Morgan fingerprint density at radius 1 is 1.38 bits per heavy atom. The summed E-state index contributed by atoms with van der Waals surface area (Å²) in [6.07, 6.45) is 1.03. The lowest BCUT2D eigenvalue weighted by molar-refractivity contribution is 0.348. The van der Waals surface area contributed by atoms with Crippen molar-refractivity contribution >= 4 is 15.9 Å². The molecule has 0 aliphatic carbocycles. The highest BCUT2D eigenvalue weighted by atomic mass is 79.9. The maximum Gasteiger partial charge on any atom is 0.127 e. The van der Waals surface area contributed by atoms with Gasteiger partial charge in [-0.1, -0.05) is 15.9 Å². The number of nitrogens with one attached hydrogen (secondary N) is 1. The van der Waals surface area contributed by atoms with Gasteiger partial charge >= 0.3 is 0 Å². The summed E-state index contributed by atoms with van der Waals surface area (Å²) in [5, 5.41) is 3.49. The number of fused-ring (bicyclic) bond motifs is 1. The summed E-state index contributed by atoms with van der Waals surface area (Å²) < 4.78 is 6.83. The van der Waals surface area contributed by atoms with Crippen LogP contribution in [0.1, 0.15) is 31.9 Å². The van der Waals surface area contributed by atoms with Crippen LogP contribution in [0.3, 0.4) is 0 Å². The van der Waals surface area contributed by atoms with E-state index >= 15 is 0 Å². The van der Waals surface area contributed by atoms with Crippen LogP contribution in [0, 0.1) is 0 Å². The molecule has 2 nitrogen and oxygen atoms in total. The standard InChI is InChI=1S/C13H18BrNO/c1-13(2,3)15-8-10-7-11(14)6-9-4-5-16-12(9)10/h6-7,15H,4-5,8H2,1-3H3. The van der Waals surface area contributed by atoms with Gasteiger partial charge in [0.05, 0.1) is 6.61 Å². The monoisotopic (exact) mass is 283 g/mol. The van der Waals surface area contributed by atoms with E-state index in [1.54, 1.807) is 0 Å². The Balaban J connectivity index is 2.21. The molecule has 1 aliphatic heterocycles. The van der Waals surface area contributed by atoms with E-state index in [2.05, 4.69) is 54.2 Å². The van der Waals surface area contributed by atoms with Gasteiger partial charge < -0.3 is 10.1 Å². The van der Waals surface area contributed by atoms with Crippen molar-refractivity contribution in [3.05, 3.63) is 27.7 Å². The highest BCUT2D eigenvalue weighted by Crippen LogP contribution is 2.33. The first-order valence-electron chi connectivity index (χ1n) is 5.65. The van der Waals surface area contributed by atoms with E-state index in [0.717, 1.165) is 29.8 Å². The van der Waals surface area contributed by atoms with Gasteiger partial charge in [-0.15, -0.1) is 0 Å². The topological polar surface area (TPSA) is 21.3 Å². The molecule has 1 aromatic rings. The largest absolute Gasteiger partial charge is 0.493 e. The minimum atomic E-state index is 0.133. The normalized spacial score (nSPS) is 14.8. The molecule has 3 heteroatoms. The quantitative estimate of drug-likeness (QED) is 0.900. The highest BCUT2D eigenvalue weighted by Gasteiger charge is 2.18. The molecule has 88 valence electrons. The number of benzene rings is 1. The van der Waals surface area contributed by atoms with Gasteiger partial charge in [-0.05, 0) is 38.5 Å². The SMILES string of the molecule is CC(C)(C)NCc1cc(Br)cc2c1OCC2. The van der Waals surface area contributed by atoms with Crippen LogP contribution in [-0.4, -0.2) is 12.1 Å². The van der Waals surface area contributed by atoms with E-state index < -0.39 is 0 Å². The average molecular weight is 284 g/mol. The highest BCUT2D eigenvalue weighted by molar-refractivity contribution is 9.10. The molecule has 1 aliphatic rings. The third-order valence-electron chi connectivity index (χ3n) is 2.63. The zero-order chi connectivity index (χ0) is 11.8. The van der Waals surface area contributed by atoms with Gasteiger partial charge in [0.25, 0.3) is 0 Å². The van der Waals surface area contributed by atoms with Crippen molar-refractivity contribution in [3.63, 3.8) is 0 Å². The van der Waals surface area contributed by atoms with Crippen molar-refractivity contribution in [1.82, 2.24) is 5.32 Å². The average Bonchev–Trinajstić information content (AvgIpc) is 2.60. The summed E-state index contributed by atoms with van der Waals surface area (Å²) in [6, 6.07) is 4.30. The van der Waals surface area contributed by atoms with E-state index in [1.807, 2.05) is 0 Å². The van der Waals surface area contributed by atoms with Gasteiger partial charge in [-0.3, -0.25) is 0 Å². The molecule has 0 saturated carbocycles. The predicted octanol–water partition coefficient (Wildman–Crippen LogP) is 3.27. The molecule has 0 saturated heterocycles. The van der Waals surface area contributed by atoms with Crippen LogP contribution < -0.4 is 10.1 Å². The molecule has 1 N–H and O–H groups in total. The molecule has 0 aromatic heterocycles. The minimum absolute atomic E-state index is 0.133. The summed E-state index contributed by atoms with van der Waals surface area (Å²) in [5.74, 6) is 1.08. The smallest absolute Gasteiger partial charge is 0.127 e. The van der Waals surface area contributed by atoms with Crippen LogP contribution in [0.5, 0.6) is 5.75 Å². The van der Waals surface area contributed by atoms with Crippen LogP contribution in [-0.2, 0) is 13.0 Å². The summed E-state index contributed by atoms with van der Waals surface area (Å²) in [6.45, 7) is 8.18. The molecule has 16 heavy (non-hydrogen) atoms. The van der Waals surface area contributed by atoms with Gasteiger partial charge in [0, 0.05) is 28.5 Å². The fourth-order valence-electron chi connectivity index (χ4n) is 1.84. The number of hydrogen-bond donors (Lipinski definition) is 1. The Labute approximate surface area is 106 Å². The van der Waals surface area contributed by atoms with Crippen molar-refractivity contribution < 1.29 is 4.74 Å². The molecule has 2 rings (SSSR count). The molecule has 0 spiro atoms. The Morgan fingerprint density at radius 3 is 2.81 bits per heavy atom. The molecule has 1 heterocycles. The maximum atomic E-state index is 5.69. The van der Waals surface area contributed by atoms with E-state index in [0.29, 0.717) is 0 Å². The van der Waals surface area contributed by atoms with Crippen molar-refractivity contribution in [1.29, 1.82) is 0 Å². The molecular weight excluding hydrogens is 266 g/mol. The van der Waals surface area contributed by atoms with Crippen LogP contribution in [0.25, 0.3) is 0 Å². The van der Waals surface area contributed by atoms with Gasteiger partial charge in [-0.25, -0.2) is 0 Å². The number of hydrogen-bond acceptors (Lipinski definition) is 2. The van der Waals surface area contributed by atoms with Gasteiger partial charge in [-0.2, -0.15) is 0 Å². The molecule has 0 amide bonds. The Bertz CT molecular complexity index is 396. The van der Waals surface area contributed by atoms with Gasteiger partial charge in [0.2, 0.25) is 0 Å². The molecule has 0 radical (unpaired) electrons. The summed E-state index contributed by atoms with van der Waals surface area (Å²) in [4.78, 5) is 0. The minimum Gasteiger partial charge on any atom is -0.493 e. The van der Waals surface area contributed by atoms with Crippen molar-refractivity contribution in [3.8, 4) is 5.75 Å². The second-order valence-corrected chi connectivity index (χ2v) is 6.17. The molecular formula is C13H18BrNO. The molecule has 0 atom stereocenters. The van der Waals surface area contributed by atoms with Crippen molar-refractivity contribution in [2.45, 2.75) is 39.3 Å². The predicted molar refractivity (Wildman–Crippen MR) is 69.9 cm³/mol. The van der Waals surface area contributed by atoms with Crippen molar-refractivity contribution in [2.75, 3.05) is 6.61 Å². The van der Waals surface area contributed by atoms with Crippen LogP contribution in [0.15, 0.2) is 16.6 Å². The van der Waals surface area contributed by atoms with Crippen LogP contribution in [0.2, 0.25) is 0 Å². The molecule has 0 fully saturated rings. The molecule has 0 unspecified atom stereocenters. The summed E-state index contributed by atoms with van der Waals surface area (Å²) >= 11 is 3.55. The molecule has 0 bridgehead atoms. The summed E-state index contributed by atoms with van der Waals surface area (Å²) in [5.41, 5.74) is 2.70. The van der Waals surface area contributed by atoms with E-state index in [1.165, 1.54) is 11.1 Å². The first-order chi connectivity index (χ1) is 7.46. The fourth-order valence-corrected chi connectivity index (χ4v) is 2.39. The number of rotatable bonds is 2. The third kappa shape index (κ3) is 2.77. The lowest BCUT2D eigenvalue weighted by Gasteiger charge is -2.21. The first-order valence-corrected chi connectivity index (χ1v) is 6.44. The lowest BCUT2D eigenvalue weighted by Crippen LogP contribution is -2.35. The summed E-state index contributed by atoms with van der Waals surface area (Å²) in [7, 11) is 0. The first kappa shape index (κ1) is 11.9. The third-order valence-corrected chi connectivity index (χ3v) is 3.09. The fraction of sp³-hybridized carbons (Fsp3) is 0.538. The zero-order valence-corrected chi connectivity index (χ0v) is 11.6. The second-order valence-electron chi connectivity index (χ2n) is 5.26. The van der Waals surface area contributed by atoms with Crippen LogP contribution in [0.4, 0.5) is 0 Å². The Hall–Kier alpha value is -0.540. The lowest BCUT2D eigenvalue weighted by atomic mass is 10.1. The van der Waals surface area contributed by atoms with Gasteiger partial charge in [0.15, 0.2) is 0 Å². The van der Waals surface area contributed by atoms with Gasteiger partial charge in [0.1, 0.15) is 5.75 Å². The number of halogens is 1. The maximum absolute atomic E-state index is 5.69. The van der Waals surface area contributed by atoms with Crippen molar-refractivity contribution in [2.24, 2.45) is 0 Å². The molecule has 1 aromatic carbocycles.